The molecule has 0 spiro atoms. The Morgan fingerprint density at radius 3 is 2.81 bits per heavy atom. The smallest absolute Gasteiger partial charge is 0.191 e. The molecule has 0 unspecified atom stereocenters. The first-order chi connectivity index (χ1) is 10.2. The summed E-state index contributed by atoms with van der Waals surface area (Å²) in [5, 5.41) is 17.5. The third kappa shape index (κ3) is 3.25. The van der Waals surface area contributed by atoms with E-state index in [9.17, 15) is 0 Å². The number of rotatable bonds is 6. The summed E-state index contributed by atoms with van der Waals surface area (Å²) in [6.07, 6.45) is 1.92. The molecule has 0 atom stereocenters. The number of thioether (sulfide) groups is 1. The molecule has 0 saturated carbocycles. The van der Waals surface area contributed by atoms with E-state index in [2.05, 4.69) is 21.3 Å². The fourth-order valence-corrected chi connectivity index (χ4v) is 2.65. The van der Waals surface area contributed by atoms with Gasteiger partial charge >= 0.3 is 0 Å². The summed E-state index contributed by atoms with van der Waals surface area (Å²) in [4.78, 5) is 4.31. The second kappa shape index (κ2) is 6.95. The van der Waals surface area contributed by atoms with Crippen molar-refractivity contribution >= 4 is 11.8 Å². The van der Waals surface area contributed by atoms with Crippen LogP contribution in [-0.4, -0.2) is 34.0 Å². The first-order valence-electron chi connectivity index (χ1n) is 6.15. The summed E-state index contributed by atoms with van der Waals surface area (Å²) < 4.78 is 12.4. The van der Waals surface area contributed by atoms with Crippen LogP contribution in [0.1, 0.15) is 11.5 Å². The zero-order valence-corrected chi connectivity index (χ0v) is 12.8. The summed E-state index contributed by atoms with van der Waals surface area (Å²) in [6.45, 7) is 0. The highest BCUT2D eigenvalue weighted by Crippen LogP contribution is 2.32. The Kier molecular flexibility index (Phi) is 5.00. The fraction of sp³-hybridized carbons (Fsp3) is 0.385. The molecule has 7 nitrogen and oxygen atoms in total. The molecule has 110 valence electrons. The number of methoxy groups -OCH3 is 2. The molecule has 0 radical (unpaired) electrons. The maximum atomic E-state index is 8.71. The van der Waals surface area contributed by atoms with E-state index in [1.165, 1.54) is 11.8 Å². The van der Waals surface area contributed by atoms with Crippen molar-refractivity contribution in [2.75, 3.05) is 14.2 Å². The number of hydrogen-bond donors (Lipinski definition) is 0. The summed E-state index contributed by atoms with van der Waals surface area (Å²) >= 11 is 1.48. The van der Waals surface area contributed by atoms with Crippen LogP contribution in [0.2, 0.25) is 0 Å². The van der Waals surface area contributed by atoms with Crippen molar-refractivity contribution in [1.29, 1.82) is 5.26 Å². The standard InChI is InChI=1S/C13H15N5O2S/c1-18-11(4-6-14)16-17-13(18)21-8-9-12(20-3)10(19-2)5-7-15-9/h5,7H,4,8H2,1-3H3. The van der Waals surface area contributed by atoms with Crippen LogP contribution in [0.25, 0.3) is 0 Å². The topological polar surface area (TPSA) is 85.9 Å². The van der Waals surface area contributed by atoms with Gasteiger partial charge in [-0.1, -0.05) is 11.8 Å². The first-order valence-corrected chi connectivity index (χ1v) is 7.13. The predicted octanol–water partition coefficient (Wildman–Crippen LogP) is 1.59. The Morgan fingerprint density at radius 2 is 2.14 bits per heavy atom. The quantitative estimate of drug-likeness (QED) is 0.749. The Bertz CT molecular complexity index is 665. The number of pyridine rings is 1. The van der Waals surface area contributed by atoms with E-state index < -0.39 is 0 Å². The largest absolute Gasteiger partial charge is 0.493 e. The van der Waals surface area contributed by atoms with Gasteiger partial charge in [0.25, 0.3) is 0 Å². The number of nitriles is 1. The molecule has 2 aromatic heterocycles. The van der Waals surface area contributed by atoms with Crippen molar-refractivity contribution in [1.82, 2.24) is 19.7 Å². The molecule has 2 heterocycles. The lowest BCUT2D eigenvalue weighted by Gasteiger charge is -2.11. The zero-order chi connectivity index (χ0) is 15.2. The SMILES string of the molecule is COc1ccnc(CSc2nnc(CC#N)n2C)c1OC. The van der Waals surface area contributed by atoms with Crippen LogP contribution < -0.4 is 9.47 Å². The molecule has 0 aliphatic carbocycles. The summed E-state index contributed by atoms with van der Waals surface area (Å²) in [5.41, 5.74) is 0.770. The summed E-state index contributed by atoms with van der Waals surface area (Å²) in [7, 11) is 5.01. The average Bonchev–Trinajstić information content (AvgIpc) is 2.85. The highest BCUT2D eigenvalue weighted by Gasteiger charge is 2.14. The van der Waals surface area contributed by atoms with Gasteiger partial charge in [-0.2, -0.15) is 5.26 Å². The maximum absolute atomic E-state index is 8.71. The van der Waals surface area contributed by atoms with Crippen LogP contribution in [0.4, 0.5) is 0 Å². The molecule has 21 heavy (non-hydrogen) atoms. The lowest BCUT2D eigenvalue weighted by molar-refractivity contribution is 0.350. The second-order valence-electron chi connectivity index (χ2n) is 4.07. The molecular weight excluding hydrogens is 290 g/mol. The van der Waals surface area contributed by atoms with Crippen LogP contribution in [0, 0.1) is 11.3 Å². The molecule has 0 N–H and O–H groups in total. The normalized spacial score (nSPS) is 10.2. The molecular formula is C13H15N5O2S. The van der Waals surface area contributed by atoms with E-state index in [4.69, 9.17) is 14.7 Å². The minimum absolute atomic E-state index is 0.241. The van der Waals surface area contributed by atoms with Crippen LogP contribution in [-0.2, 0) is 19.2 Å². The van der Waals surface area contributed by atoms with E-state index in [1.54, 1.807) is 31.0 Å². The van der Waals surface area contributed by atoms with Gasteiger partial charge in [0.05, 0.1) is 32.4 Å². The van der Waals surface area contributed by atoms with Gasteiger partial charge in [0.1, 0.15) is 5.82 Å². The molecule has 0 amide bonds. The highest BCUT2D eigenvalue weighted by molar-refractivity contribution is 7.98. The van der Waals surface area contributed by atoms with Gasteiger partial charge in [0.2, 0.25) is 0 Å². The van der Waals surface area contributed by atoms with Gasteiger partial charge in [-0.25, -0.2) is 0 Å². The van der Waals surface area contributed by atoms with Gasteiger partial charge in [-0.15, -0.1) is 10.2 Å². The lowest BCUT2D eigenvalue weighted by atomic mass is 10.3. The average molecular weight is 305 g/mol. The van der Waals surface area contributed by atoms with E-state index in [0.29, 0.717) is 23.1 Å². The first kappa shape index (κ1) is 15.1. The molecule has 0 aliphatic heterocycles. The number of hydrogen-bond acceptors (Lipinski definition) is 7. The number of nitrogens with zero attached hydrogens (tertiary/aromatic N) is 5. The van der Waals surface area contributed by atoms with Gasteiger partial charge in [-0.3, -0.25) is 4.98 Å². The minimum Gasteiger partial charge on any atom is -0.493 e. The molecule has 0 aromatic carbocycles. The van der Waals surface area contributed by atoms with Crippen molar-refractivity contribution in [2.45, 2.75) is 17.3 Å². The van der Waals surface area contributed by atoms with Gasteiger partial charge in [-0.05, 0) is 0 Å². The monoisotopic (exact) mass is 305 g/mol. The van der Waals surface area contributed by atoms with Crippen LogP contribution in [0.3, 0.4) is 0 Å². The summed E-state index contributed by atoms with van der Waals surface area (Å²) in [6, 6.07) is 3.81. The number of ether oxygens (including phenoxy) is 2. The second-order valence-corrected chi connectivity index (χ2v) is 5.02. The third-order valence-corrected chi connectivity index (χ3v) is 3.90. The van der Waals surface area contributed by atoms with E-state index >= 15 is 0 Å². The zero-order valence-electron chi connectivity index (χ0n) is 12.0. The minimum atomic E-state index is 0.241. The van der Waals surface area contributed by atoms with Crippen molar-refractivity contribution in [3.8, 4) is 17.6 Å². The predicted molar refractivity (Wildman–Crippen MR) is 77.2 cm³/mol. The van der Waals surface area contributed by atoms with Crippen LogP contribution in [0.15, 0.2) is 17.4 Å². The molecule has 2 aromatic rings. The maximum Gasteiger partial charge on any atom is 0.191 e. The lowest BCUT2D eigenvalue weighted by Crippen LogP contribution is -2.00. The van der Waals surface area contributed by atoms with Crippen LogP contribution >= 0.6 is 11.8 Å². The Balaban J connectivity index is 2.15. The molecule has 2 rings (SSSR count). The Hall–Kier alpha value is -2.27. The van der Waals surface area contributed by atoms with Gasteiger partial charge in [0.15, 0.2) is 16.7 Å². The fourth-order valence-electron chi connectivity index (χ4n) is 1.78. The van der Waals surface area contributed by atoms with Gasteiger partial charge in [0, 0.05) is 25.1 Å². The number of aromatic nitrogens is 4. The van der Waals surface area contributed by atoms with E-state index in [0.717, 1.165) is 10.9 Å². The van der Waals surface area contributed by atoms with Crippen molar-refractivity contribution in [2.24, 2.45) is 7.05 Å². The van der Waals surface area contributed by atoms with Crippen molar-refractivity contribution in [3.63, 3.8) is 0 Å². The Morgan fingerprint density at radius 1 is 1.33 bits per heavy atom. The van der Waals surface area contributed by atoms with Gasteiger partial charge < -0.3 is 14.0 Å². The molecule has 8 heteroatoms. The van der Waals surface area contributed by atoms with E-state index in [-0.39, 0.29) is 6.42 Å². The molecule has 0 bridgehead atoms. The molecule has 0 saturated heterocycles. The molecule has 0 fully saturated rings. The summed E-state index contributed by atoms with van der Waals surface area (Å²) in [5.74, 6) is 2.47. The van der Waals surface area contributed by atoms with Crippen molar-refractivity contribution < 1.29 is 9.47 Å². The van der Waals surface area contributed by atoms with E-state index in [1.807, 2.05) is 7.05 Å². The highest BCUT2D eigenvalue weighted by atomic mass is 32.2. The molecule has 0 aliphatic rings. The van der Waals surface area contributed by atoms with Crippen LogP contribution in [0.5, 0.6) is 11.5 Å². The van der Waals surface area contributed by atoms with Crippen molar-refractivity contribution in [3.05, 3.63) is 23.8 Å². The third-order valence-electron chi connectivity index (χ3n) is 2.87. The Labute approximate surface area is 126 Å².